The van der Waals surface area contributed by atoms with Crippen molar-refractivity contribution >= 4 is 22.6 Å². The van der Waals surface area contributed by atoms with Crippen molar-refractivity contribution < 1.29 is 44.6 Å². The zero-order chi connectivity index (χ0) is 18.5. The summed E-state index contributed by atoms with van der Waals surface area (Å²) in [7, 11) is 0. The molecule has 0 aromatic rings. The standard InChI is InChI=1S/C12H16F9IO/c13-9(14,7-8(22)5-3-1-2-4-6-23)10(15,16)11(17,18)12(19,20)21/h8,23H,1-7H2. The molecule has 0 fully saturated rings. The van der Waals surface area contributed by atoms with Crippen molar-refractivity contribution in [3.8, 4) is 0 Å². The summed E-state index contributed by atoms with van der Waals surface area (Å²) < 4.78 is 113. The molecule has 0 radical (unpaired) electrons. The van der Waals surface area contributed by atoms with E-state index in [9.17, 15) is 39.5 Å². The number of unbranched alkanes of at least 4 members (excludes halogenated alkanes) is 3. The molecule has 11 heteroatoms. The fraction of sp³-hybridized carbons (Fsp3) is 1.00. The molecule has 0 aliphatic carbocycles. The van der Waals surface area contributed by atoms with Gasteiger partial charge in [0.1, 0.15) is 0 Å². The van der Waals surface area contributed by atoms with E-state index >= 15 is 0 Å². The van der Waals surface area contributed by atoms with E-state index in [1.807, 2.05) is 0 Å². The largest absolute Gasteiger partial charge is 0.460 e. The van der Waals surface area contributed by atoms with Crippen LogP contribution in [0.3, 0.4) is 0 Å². The van der Waals surface area contributed by atoms with Crippen molar-refractivity contribution in [1.29, 1.82) is 0 Å². The molecule has 1 N–H and O–H groups in total. The summed E-state index contributed by atoms with van der Waals surface area (Å²) in [5, 5.41) is 8.51. The lowest BCUT2D eigenvalue weighted by Gasteiger charge is -2.34. The van der Waals surface area contributed by atoms with Crippen molar-refractivity contribution in [3.05, 3.63) is 0 Å². The van der Waals surface area contributed by atoms with Crippen LogP contribution in [0.15, 0.2) is 0 Å². The molecule has 1 nitrogen and oxygen atoms in total. The molecule has 0 aliphatic heterocycles. The molecule has 0 heterocycles. The summed E-state index contributed by atoms with van der Waals surface area (Å²) in [6, 6.07) is 0. The first kappa shape index (κ1) is 23.1. The van der Waals surface area contributed by atoms with Gasteiger partial charge >= 0.3 is 23.9 Å². The van der Waals surface area contributed by atoms with Crippen LogP contribution < -0.4 is 0 Å². The Morgan fingerprint density at radius 2 is 1.22 bits per heavy atom. The first-order valence-electron chi connectivity index (χ1n) is 6.66. The van der Waals surface area contributed by atoms with E-state index in [0.29, 0.717) is 25.7 Å². The minimum atomic E-state index is -6.82. The van der Waals surface area contributed by atoms with E-state index in [2.05, 4.69) is 0 Å². The predicted molar refractivity (Wildman–Crippen MR) is 73.5 cm³/mol. The van der Waals surface area contributed by atoms with Gasteiger partial charge < -0.3 is 5.11 Å². The van der Waals surface area contributed by atoms with Gasteiger partial charge in [-0.2, -0.15) is 39.5 Å². The van der Waals surface area contributed by atoms with Gasteiger partial charge in [0.2, 0.25) is 0 Å². The Morgan fingerprint density at radius 3 is 1.65 bits per heavy atom. The van der Waals surface area contributed by atoms with E-state index in [0.717, 1.165) is 0 Å². The number of hydrogen-bond donors (Lipinski definition) is 1. The van der Waals surface area contributed by atoms with Crippen LogP contribution in [-0.4, -0.2) is 39.6 Å². The lowest BCUT2D eigenvalue weighted by molar-refractivity contribution is -0.396. The Bertz CT molecular complexity index is 357. The molecule has 0 aromatic carbocycles. The molecule has 0 spiro atoms. The van der Waals surface area contributed by atoms with Crippen LogP contribution >= 0.6 is 22.6 Å². The molecule has 0 rings (SSSR count). The average Bonchev–Trinajstić information content (AvgIpc) is 2.36. The summed E-state index contributed by atoms with van der Waals surface area (Å²) in [6.45, 7) is -0.0650. The average molecular weight is 474 g/mol. The Labute approximate surface area is 140 Å². The third-order valence-corrected chi connectivity index (χ3v) is 4.18. The van der Waals surface area contributed by atoms with Gasteiger partial charge in [-0.15, -0.1) is 0 Å². The first-order chi connectivity index (χ1) is 10.2. The van der Waals surface area contributed by atoms with Gasteiger partial charge in [0.25, 0.3) is 0 Å². The molecule has 1 unspecified atom stereocenters. The normalized spacial score (nSPS) is 15.8. The lowest BCUT2D eigenvalue weighted by Crippen LogP contribution is -2.61. The monoisotopic (exact) mass is 474 g/mol. The number of alkyl halides is 10. The van der Waals surface area contributed by atoms with Gasteiger partial charge in [-0.05, 0) is 12.8 Å². The summed E-state index contributed by atoms with van der Waals surface area (Å²) in [5.74, 6) is -18.8. The number of aliphatic hydroxyl groups is 1. The Kier molecular flexibility index (Phi) is 8.46. The molecule has 23 heavy (non-hydrogen) atoms. The summed E-state index contributed by atoms with van der Waals surface area (Å²) in [5.41, 5.74) is 0. The summed E-state index contributed by atoms with van der Waals surface area (Å²) in [4.78, 5) is 0. The second-order valence-electron chi connectivity index (χ2n) is 5.08. The Balaban J connectivity index is 4.78. The van der Waals surface area contributed by atoms with Crippen LogP contribution in [0.2, 0.25) is 0 Å². The topological polar surface area (TPSA) is 20.2 Å². The van der Waals surface area contributed by atoms with Crippen molar-refractivity contribution in [3.63, 3.8) is 0 Å². The predicted octanol–water partition coefficient (Wildman–Crippen LogP) is 5.59. The highest BCUT2D eigenvalue weighted by Gasteiger charge is 2.81. The van der Waals surface area contributed by atoms with Crippen LogP contribution in [0.5, 0.6) is 0 Å². The zero-order valence-electron chi connectivity index (χ0n) is 11.8. The van der Waals surface area contributed by atoms with E-state index < -0.39 is 34.3 Å². The molecular formula is C12H16F9IO. The summed E-state index contributed by atoms with van der Waals surface area (Å²) >= 11 is 1.33. The molecule has 140 valence electrons. The molecule has 0 aromatic heterocycles. The van der Waals surface area contributed by atoms with Gasteiger partial charge in [0.05, 0.1) is 0 Å². The smallest absolute Gasteiger partial charge is 0.396 e. The second kappa shape index (κ2) is 8.43. The van der Waals surface area contributed by atoms with Crippen LogP contribution in [-0.2, 0) is 0 Å². The lowest BCUT2D eigenvalue weighted by atomic mass is 9.98. The van der Waals surface area contributed by atoms with Crippen LogP contribution in [0.25, 0.3) is 0 Å². The Morgan fingerprint density at radius 1 is 0.739 bits per heavy atom. The third-order valence-electron chi connectivity index (χ3n) is 3.11. The Hall–Kier alpha value is 0.0600. The highest BCUT2D eigenvalue weighted by Crippen LogP contribution is 2.54. The molecule has 0 bridgehead atoms. The van der Waals surface area contributed by atoms with Gasteiger partial charge in [0, 0.05) is 17.0 Å². The number of halogens is 10. The van der Waals surface area contributed by atoms with Gasteiger partial charge in [-0.3, -0.25) is 0 Å². The van der Waals surface area contributed by atoms with Crippen molar-refractivity contribution in [2.75, 3.05) is 6.61 Å². The van der Waals surface area contributed by atoms with E-state index in [1.54, 1.807) is 0 Å². The highest BCUT2D eigenvalue weighted by molar-refractivity contribution is 14.1. The summed E-state index contributed by atoms with van der Waals surface area (Å²) in [6.07, 6.45) is -6.74. The minimum absolute atomic E-state index is 0.0325. The maximum absolute atomic E-state index is 13.3. The zero-order valence-corrected chi connectivity index (χ0v) is 13.9. The fourth-order valence-corrected chi connectivity index (χ4v) is 2.74. The molecule has 0 saturated heterocycles. The minimum Gasteiger partial charge on any atom is -0.396 e. The van der Waals surface area contributed by atoms with Crippen LogP contribution in [0, 0.1) is 0 Å². The molecule has 0 amide bonds. The molecular weight excluding hydrogens is 458 g/mol. The quantitative estimate of drug-likeness (QED) is 0.190. The van der Waals surface area contributed by atoms with Gasteiger partial charge in [-0.25, -0.2) is 0 Å². The van der Waals surface area contributed by atoms with E-state index in [1.165, 1.54) is 22.6 Å². The third kappa shape index (κ3) is 5.82. The number of rotatable bonds is 10. The molecule has 0 aliphatic rings. The van der Waals surface area contributed by atoms with Crippen molar-refractivity contribution in [2.45, 2.75) is 66.4 Å². The van der Waals surface area contributed by atoms with Crippen molar-refractivity contribution in [2.24, 2.45) is 0 Å². The number of aliphatic hydroxyl groups excluding tert-OH is 1. The fourth-order valence-electron chi connectivity index (χ4n) is 1.75. The van der Waals surface area contributed by atoms with Gasteiger partial charge in [-0.1, -0.05) is 41.9 Å². The van der Waals surface area contributed by atoms with Crippen LogP contribution in [0.1, 0.15) is 38.5 Å². The van der Waals surface area contributed by atoms with Gasteiger partial charge in [0.15, 0.2) is 0 Å². The maximum Gasteiger partial charge on any atom is 0.460 e. The van der Waals surface area contributed by atoms with E-state index in [4.69, 9.17) is 5.11 Å². The molecule has 1 atom stereocenters. The van der Waals surface area contributed by atoms with Crippen LogP contribution in [0.4, 0.5) is 39.5 Å². The maximum atomic E-state index is 13.3. The van der Waals surface area contributed by atoms with Crippen molar-refractivity contribution in [1.82, 2.24) is 0 Å². The van der Waals surface area contributed by atoms with E-state index in [-0.39, 0.29) is 13.0 Å². The SMILES string of the molecule is OCCCCCCC(I)CC(F)(F)C(F)(F)C(F)(F)C(F)(F)F. The first-order valence-corrected chi connectivity index (χ1v) is 7.90. The molecule has 0 saturated carbocycles. The second-order valence-corrected chi connectivity index (χ2v) is 6.84. The number of hydrogen-bond acceptors (Lipinski definition) is 1. The highest BCUT2D eigenvalue weighted by atomic mass is 127.